The number of unbranched alkanes of at least 4 members (excludes halogenated alkanes) is 1. The third-order valence-corrected chi connectivity index (χ3v) is 7.10. The number of carboxylic acids is 1. The van der Waals surface area contributed by atoms with E-state index in [1.54, 1.807) is 0 Å². The molecule has 1 aromatic heterocycles. The molecular weight excluding hydrogens is 548 g/mol. The van der Waals surface area contributed by atoms with Crippen molar-refractivity contribution in [2.45, 2.75) is 45.9 Å². The summed E-state index contributed by atoms with van der Waals surface area (Å²) in [6.45, 7) is 4.73. The minimum Gasteiger partial charge on any atom is -0.476 e. The second-order valence-electron chi connectivity index (χ2n) is 10.4. The van der Waals surface area contributed by atoms with Gasteiger partial charge in [-0.15, -0.1) is 0 Å². The second kappa shape index (κ2) is 14.1. The molecule has 4 aromatic rings. The highest BCUT2D eigenvalue weighted by Crippen LogP contribution is 2.35. The van der Waals surface area contributed by atoms with E-state index < -0.39 is 5.97 Å². The Morgan fingerprint density at radius 1 is 0.860 bits per heavy atom. The molecule has 3 aromatic carbocycles. The lowest BCUT2D eigenvalue weighted by molar-refractivity contribution is 0.0687. The number of aromatic nitrogens is 2. The van der Waals surface area contributed by atoms with Gasteiger partial charge >= 0.3 is 5.97 Å². The highest BCUT2D eigenvalue weighted by Gasteiger charge is 2.25. The number of imidazole rings is 1. The van der Waals surface area contributed by atoms with Crippen LogP contribution in [0.25, 0.3) is 11.4 Å². The molecule has 10 heteroatoms. The molecular formula is C33H38N4O6. The highest BCUT2D eigenvalue weighted by atomic mass is 16.7. The largest absolute Gasteiger partial charge is 0.476 e. The molecule has 0 unspecified atom stereocenters. The maximum atomic E-state index is 12.5. The van der Waals surface area contributed by atoms with Gasteiger partial charge in [0.05, 0.1) is 5.69 Å². The molecule has 0 aliphatic carbocycles. The third kappa shape index (κ3) is 7.10. The van der Waals surface area contributed by atoms with Crippen molar-refractivity contribution in [2.75, 3.05) is 27.7 Å². The summed E-state index contributed by atoms with van der Waals surface area (Å²) in [4.78, 5) is 19.4. The Hall–Kier alpha value is -4.54. The van der Waals surface area contributed by atoms with Crippen molar-refractivity contribution in [1.29, 1.82) is 0 Å². The number of fused-ring (bicyclic) bond motifs is 2. The first kappa shape index (κ1) is 29.9. The molecule has 2 aliphatic rings. The van der Waals surface area contributed by atoms with Crippen LogP contribution in [-0.4, -0.2) is 53.2 Å². The summed E-state index contributed by atoms with van der Waals surface area (Å²) in [6, 6.07) is 21.6. The van der Waals surface area contributed by atoms with Crippen LogP contribution in [0.4, 0.5) is 0 Å². The maximum absolute atomic E-state index is 12.5. The molecule has 6 rings (SSSR count). The zero-order chi connectivity index (χ0) is 30.2. The predicted octanol–water partition coefficient (Wildman–Crippen LogP) is 5.54. The Morgan fingerprint density at radius 3 is 1.95 bits per heavy atom. The average molecular weight is 587 g/mol. The Bertz CT molecular complexity index is 1480. The first-order valence-electron chi connectivity index (χ1n) is 14.5. The Balaban J connectivity index is 0.00000118. The average Bonchev–Trinajstić information content (AvgIpc) is 3.75. The topological polar surface area (TPSA) is 107 Å². The van der Waals surface area contributed by atoms with Crippen LogP contribution in [0.5, 0.6) is 23.0 Å². The molecule has 0 radical (unpaired) electrons. The molecule has 0 amide bonds. The maximum Gasteiger partial charge on any atom is 0.356 e. The number of nitrogens with zero attached hydrogens (tertiary/aromatic N) is 3. The van der Waals surface area contributed by atoms with Gasteiger partial charge in [0, 0.05) is 31.7 Å². The minimum atomic E-state index is -1.03. The Kier molecular flexibility index (Phi) is 9.81. The van der Waals surface area contributed by atoms with E-state index in [9.17, 15) is 9.90 Å². The van der Waals surface area contributed by atoms with Crippen LogP contribution >= 0.6 is 0 Å². The molecule has 2 aliphatic heterocycles. The Labute approximate surface area is 251 Å². The third-order valence-electron chi connectivity index (χ3n) is 7.10. The fourth-order valence-corrected chi connectivity index (χ4v) is 5.16. The van der Waals surface area contributed by atoms with Crippen molar-refractivity contribution < 1.29 is 28.8 Å². The van der Waals surface area contributed by atoms with Gasteiger partial charge < -0.3 is 33.9 Å². The lowest BCUT2D eigenvalue weighted by atomic mass is 10.1. The smallest absolute Gasteiger partial charge is 0.356 e. The van der Waals surface area contributed by atoms with Gasteiger partial charge in [0.1, 0.15) is 5.82 Å². The van der Waals surface area contributed by atoms with E-state index in [4.69, 9.17) is 18.9 Å². The SMILES string of the molecule is CCCCn1c(-c2ccccc2)nc(C(=O)O)c1CN(Cc1ccc2c(c1)OCO2)Cc1ccc2c(c1)OCO2.CNC. The van der Waals surface area contributed by atoms with Gasteiger partial charge in [-0.1, -0.05) is 55.8 Å². The number of hydrogen-bond donors (Lipinski definition) is 2. The first-order valence-corrected chi connectivity index (χ1v) is 14.5. The summed E-state index contributed by atoms with van der Waals surface area (Å²) in [5.74, 6) is 2.52. The lowest BCUT2D eigenvalue weighted by Crippen LogP contribution is -2.25. The molecule has 226 valence electrons. The van der Waals surface area contributed by atoms with Crippen molar-refractivity contribution in [1.82, 2.24) is 19.8 Å². The summed E-state index contributed by atoms with van der Waals surface area (Å²) in [7, 11) is 3.75. The molecule has 2 N–H and O–H groups in total. The molecule has 10 nitrogen and oxygen atoms in total. The van der Waals surface area contributed by atoms with Crippen molar-refractivity contribution in [2.24, 2.45) is 0 Å². The molecule has 0 atom stereocenters. The number of carbonyl (C=O) groups is 1. The molecule has 0 fully saturated rings. The van der Waals surface area contributed by atoms with Gasteiger partial charge in [-0.3, -0.25) is 4.90 Å². The van der Waals surface area contributed by atoms with Crippen LogP contribution in [0.1, 0.15) is 47.1 Å². The van der Waals surface area contributed by atoms with Gasteiger partial charge in [-0.2, -0.15) is 0 Å². The van der Waals surface area contributed by atoms with Crippen molar-refractivity contribution in [3.63, 3.8) is 0 Å². The lowest BCUT2D eigenvalue weighted by Gasteiger charge is -2.24. The molecule has 0 saturated carbocycles. The van der Waals surface area contributed by atoms with Crippen molar-refractivity contribution in [3.05, 3.63) is 89.2 Å². The summed E-state index contributed by atoms with van der Waals surface area (Å²) < 4.78 is 24.3. The van der Waals surface area contributed by atoms with E-state index in [1.807, 2.05) is 80.8 Å². The Morgan fingerprint density at radius 2 is 1.42 bits per heavy atom. The van der Waals surface area contributed by atoms with Gasteiger partial charge in [0.25, 0.3) is 0 Å². The van der Waals surface area contributed by atoms with Gasteiger partial charge in [0.15, 0.2) is 28.7 Å². The van der Waals surface area contributed by atoms with Gasteiger partial charge in [-0.25, -0.2) is 9.78 Å². The van der Waals surface area contributed by atoms with Crippen LogP contribution in [-0.2, 0) is 26.2 Å². The van der Waals surface area contributed by atoms with Crippen LogP contribution < -0.4 is 24.3 Å². The molecule has 0 saturated heterocycles. The van der Waals surface area contributed by atoms with Crippen molar-refractivity contribution >= 4 is 5.97 Å². The number of ether oxygens (including phenoxy) is 4. The minimum absolute atomic E-state index is 0.0799. The number of rotatable bonds is 11. The predicted molar refractivity (Wildman–Crippen MR) is 163 cm³/mol. The van der Waals surface area contributed by atoms with E-state index in [0.717, 1.165) is 41.0 Å². The summed E-state index contributed by atoms with van der Waals surface area (Å²) in [5, 5.41) is 13.0. The zero-order valence-corrected chi connectivity index (χ0v) is 24.8. The monoisotopic (exact) mass is 586 g/mol. The van der Waals surface area contributed by atoms with Gasteiger partial charge in [0.2, 0.25) is 13.6 Å². The summed E-state index contributed by atoms with van der Waals surface area (Å²) in [5.41, 5.74) is 3.72. The number of benzene rings is 3. The molecule has 3 heterocycles. The number of carboxylic acid groups (broad SMARTS) is 1. The van der Waals surface area contributed by atoms with Gasteiger partial charge in [-0.05, 0) is 55.9 Å². The quantitative estimate of drug-likeness (QED) is 0.234. The fourth-order valence-electron chi connectivity index (χ4n) is 5.16. The molecule has 0 spiro atoms. The van der Waals surface area contributed by atoms with E-state index in [1.165, 1.54) is 0 Å². The van der Waals surface area contributed by atoms with E-state index in [-0.39, 0.29) is 19.3 Å². The number of aromatic carboxylic acids is 1. The van der Waals surface area contributed by atoms with E-state index in [2.05, 4.69) is 26.7 Å². The normalized spacial score (nSPS) is 12.7. The van der Waals surface area contributed by atoms with E-state index in [0.29, 0.717) is 49.2 Å². The van der Waals surface area contributed by atoms with Crippen LogP contribution in [0, 0.1) is 0 Å². The van der Waals surface area contributed by atoms with Crippen molar-refractivity contribution in [3.8, 4) is 34.4 Å². The van der Waals surface area contributed by atoms with Crippen LogP contribution in [0.2, 0.25) is 0 Å². The van der Waals surface area contributed by atoms with Crippen LogP contribution in [0.3, 0.4) is 0 Å². The second-order valence-corrected chi connectivity index (χ2v) is 10.4. The zero-order valence-electron chi connectivity index (χ0n) is 24.8. The highest BCUT2D eigenvalue weighted by molar-refractivity contribution is 5.88. The first-order chi connectivity index (χ1) is 21.0. The fraction of sp³-hybridized carbons (Fsp3) is 0.333. The summed E-state index contributed by atoms with van der Waals surface area (Å²) in [6.07, 6.45) is 1.89. The van der Waals surface area contributed by atoms with Crippen LogP contribution in [0.15, 0.2) is 66.7 Å². The van der Waals surface area contributed by atoms with E-state index >= 15 is 0 Å². The molecule has 43 heavy (non-hydrogen) atoms. The molecule has 0 bridgehead atoms. The summed E-state index contributed by atoms with van der Waals surface area (Å²) >= 11 is 0. The standard InChI is InChI=1S/C31H31N3O6.C2H7N/c1-2-3-13-34-24(29(31(35)36)32-30(34)23-7-5-4-6-8-23)18-33(16-21-9-11-25-27(14-21)39-19-37-25)17-22-10-12-26-28(15-22)40-20-38-26;1-3-2/h4-12,14-15H,2-3,13,16-20H2,1H3,(H,35,36);3H,1-2H3. The number of hydrogen-bond acceptors (Lipinski definition) is 8. The number of nitrogens with one attached hydrogen (secondary N) is 1.